The number of anilines is 1. The minimum atomic E-state index is 0.928. The molecule has 2 nitrogen and oxygen atoms in total. The number of hydrogen-bond acceptors (Lipinski definition) is 2. The monoisotopic (exact) mass is 192 g/mol. The highest BCUT2D eigenvalue weighted by Crippen LogP contribution is 2.20. The quantitative estimate of drug-likeness (QED) is 0.785. The van der Waals surface area contributed by atoms with E-state index in [2.05, 4.69) is 49.4 Å². The topological polar surface area (TPSA) is 15.3 Å². The van der Waals surface area contributed by atoms with Crippen LogP contribution in [0.1, 0.15) is 18.1 Å². The molecule has 0 radical (unpaired) electrons. The standard InChI is InChI=1S/C12H20N2/c1-5-10-6-7-11(9-13-2)12(8-10)14(3)4/h6-8,13H,5,9H2,1-4H3. The molecule has 14 heavy (non-hydrogen) atoms. The molecule has 0 unspecified atom stereocenters. The van der Waals surface area contributed by atoms with Crippen molar-refractivity contribution >= 4 is 5.69 Å². The lowest BCUT2D eigenvalue weighted by Crippen LogP contribution is -2.15. The molecule has 1 aromatic carbocycles. The summed E-state index contributed by atoms with van der Waals surface area (Å²) in [4.78, 5) is 2.17. The minimum Gasteiger partial charge on any atom is -0.377 e. The second-order valence-corrected chi connectivity index (χ2v) is 3.74. The van der Waals surface area contributed by atoms with Gasteiger partial charge in [0.1, 0.15) is 0 Å². The summed E-state index contributed by atoms with van der Waals surface area (Å²) in [6.45, 7) is 3.12. The van der Waals surface area contributed by atoms with Gasteiger partial charge in [-0.05, 0) is 30.7 Å². The molecule has 1 rings (SSSR count). The third-order valence-corrected chi connectivity index (χ3v) is 2.41. The Bertz CT molecular complexity index is 292. The van der Waals surface area contributed by atoms with E-state index < -0.39 is 0 Å². The molecule has 0 aromatic heterocycles. The van der Waals surface area contributed by atoms with Crippen molar-refractivity contribution in [1.82, 2.24) is 5.32 Å². The Balaban J connectivity index is 3.03. The Kier molecular flexibility index (Phi) is 3.96. The molecule has 0 aliphatic carbocycles. The van der Waals surface area contributed by atoms with Crippen LogP contribution in [0.5, 0.6) is 0 Å². The summed E-state index contributed by atoms with van der Waals surface area (Å²) in [6, 6.07) is 6.69. The van der Waals surface area contributed by atoms with E-state index >= 15 is 0 Å². The summed E-state index contributed by atoms with van der Waals surface area (Å²) in [5.41, 5.74) is 4.07. The second kappa shape index (κ2) is 5.01. The highest BCUT2D eigenvalue weighted by atomic mass is 15.1. The number of hydrogen-bond donors (Lipinski definition) is 1. The molecule has 0 aliphatic rings. The number of rotatable bonds is 4. The van der Waals surface area contributed by atoms with Crippen LogP contribution in [0.3, 0.4) is 0 Å². The lowest BCUT2D eigenvalue weighted by Gasteiger charge is -2.18. The van der Waals surface area contributed by atoms with Gasteiger partial charge in [0.05, 0.1) is 0 Å². The van der Waals surface area contributed by atoms with Gasteiger partial charge in [0.2, 0.25) is 0 Å². The Hall–Kier alpha value is -1.02. The van der Waals surface area contributed by atoms with Crippen LogP contribution in [0.2, 0.25) is 0 Å². The minimum absolute atomic E-state index is 0.928. The molecule has 0 amide bonds. The fourth-order valence-corrected chi connectivity index (χ4v) is 1.59. The van der Waals surface area contributed by atoms with Crippen molar-refractivity contribution in [1.29, 1.82) is 0 Å². The van der Waals surface area contributed by atoms with E-state index in [1.54, 1.807) is 0 Å². The van der Waals surface area contributed by atoms with Crippen molar-refractivity contribution in [2.45, 2.75) is 19.9 Å². The Labute approximate surface area is 86.9 Å². The maximum Gasteiger partial charge on any atom is 0.0409 e. The largest absolute Gasteiger partial charge is 0.377 e. The van der Waals surface area contributed by atoms with Crippen LogP contribution in [0.4, 0.5) is 5.69 Å². The Morgan fingerprint density at radius 2 is 2.00 bits per heavy atom. The normalized spacial score (nSPS) is 10.3. The van der Waals surface area contributed by atoms with Gasteiger partial charge < -0.3 is 10.2 Å². The van der Waals surface area contributed by atoms with Gasteiger partial charge in [0, 0.05) is 26.3 Å². The summed E-state index contributed by atoms with van der Waals surface area (Å²) < 4.78 is 0. The van der Waals surface area contributed by atoms with Crippen molar-refractivity contribution in [3.05, 3.63) is 29.3 Å². The van der Waals surface area contributed by atoms with Crippen molar-refractivity contribution in [3.8, 4) is 0 Å². The van der Waals surface area contributed by atoms with E-state index in [4.69, 9.17) is 0 Å². The van der Waals surface area contributed by atoms with Crippen LogP contribution in [0.25, 0.3) is 0 Å². The molecule has 1 aromatic rings. The molecule has 0 saturated heterocycles. The molecule has 0 bridgehead atoms. The average Bonchev–Trinajstić information content (AvgIpc) is 2.18. The highest BCUT2D eigenvalue weighted by molar-refractivity contribution is 5.54. The molecular formula is C12H20N2. The van der Waals surface area contributed by atoms with Crippen molar-refractivity contribution < 1.29 is 0 Å². The van der Waals surface area contributed by atoms with Crippen LogP contribution in [0.15, 0.2) is 18.2 Å². The molecule has 0 spiro atoms. The third-order valence-electron chi connectivity index (χ3n) is 2.41. The predicted molar refractivity (Wildman–Crippen MR) is 62.9 cm³/mol. The molecule has 0 fully saturated rings. The molecule has 1 N–H and O–H groups in total. The first-order valence-corrected chi connectivity index (χ1v) is 5.12. The lowest BCUT2D eigenvalue weighted by atomic mass is 10.1. The molecule has 0 atom stereocenters. The molecule has 78 valence electrons. The molecule has 2 heteroatoms. The molecule has 0 aliphatic heterocycles. The third kappa shape index (κ3) is 2.48. The summed E-state index contributed by atoms with van der Waals surface area (Å²) in [6.07, 6.45) is 1.10. The molecular weight excluding hydrogens is 172 g/mol. The Morgan fingerprint density at radius 1 is 1.29 bits per heavy atom. The SMILES string of the molecule is CCc1ccc(CNC)c(N(C)C)c1. The summed E-state index contributed by atoms with van der Waals surface area (Å²) >= 11 is 0. The van der Waals surface area contributed by atoms with Gasteiger partial charge in [-0.25, -0.2) is 0 Å². The number of benzene rings is 1. The van der Waals surface area contributed by atoms with Crippen LogP contribution in [-0.2, 0) is 13.0 Å². The van der Waals surface area contributed by atoms with Crippen molar-refractivity contribution in [2.24, 2.45) is 0 Å². The molecule has 0 saturated carbocycles. The second-order valence-electron chi connectivity index (χ2n) is 3.74. The summed E-state index contributed by atoms with van der Waals surface area (Å²) in [5.74, 6) is 0. The maximum absolute atomic E-state index is 3.19. The van der Waals surface area contributed by atoms with Gasteiger partial charge >= 0.3 is 0 Å². The molecule has 0 heterocycles. The van der Waals surface area contributed by atoms with E-state index in [0.29, 0.717) is 0 Å². The first kappa shape index (κ1) is 11.1. The fraction of sp³-hybridized carbons (Fsp3) is 0.500. The number of nitrogens with one attached hydrogen (secondary N) is 1. The van der Waals surface area contributed by atoms with Crippen LogP contribution in [0, 0.1) is 0 Å². The highest BCUT2D eigenvalue weighted by Gasteiger charge is 2.04. The van der Waals surface area contributed by atoms with Gasteiger partial charge in [-0.15, -0.1) is 0 Å². The van der Waals surface area contributed by atoms with E-state index in [9.17, 15) is 0 Å². The predicted octanol–water partition coefficient (Wildman–Crippen LogP) is 2.03. The van der Waals surface area contributed by atoms with Crippen LogP contribution >= 0.6 is 0 Å². The zero-order valence-electron chi connectivity index (χ0n) is 9.59. The van der Waals surface area contributed by atoms with Crippen molar-refractivity contribution in [3.63, 3.8) is 0 Å². The summed E-state index contributed by atoms with van der Waals surface area (Å²) in [5, 5.41) is 3.19. The number of aryl methyl sites for hydroxylation is 1. The van der Waals surface area contributed by atoms with Gasteiger partial charge in [-0.3, -0.25) is 0 Å². The zero-order valence-corrected chi connectivity index (χ0v) is 9.59. The van der Waals surface area contributed by atoms with Gasteiger partial charge in [-0.1, -0.05) is 19.1 Å². The van der Waals surface area contributed by atoms with Crippen LogP contribution in [-0.4, -0.2) is 21.1 Å². The maximum atomic E-state index is 3.19. The van der Waals surface area contributed by atoms with Crippen LogP contribution < -0.4 is 10.2 Å². The van der Waals surface area contributed by atoms with Gasteiger partial charge in [-0.2, -0.15) is 0 Å². The van der Waals surface area contributed by atoms with Crippen molar-refractivity contribution in [2.75, 3.05) is 26.0 Å². The first-order valence-electron chi connectivity index (χ1n) is 5.12. The smallest absolute Gasteiger partial charge is 0.0409 e. The zero-order chi connectivity index (χ0) is 10.6. The van der Waals surface area contributed by atoms with E-state index in [1.165, 1.54) is 16.8 Å². The average molecular weight is 192 g/mol. The lowest BCUT2D eigenvalue weighted by molar-refractivity contribution is 0.813. The Morgan fingerprint density at radius 3 is 2.50 bits per heavy atom. The van der Waals surface area contributed by atoms with E-state index in [-0.39, 0.29) is 0 Å². The van der Waals surface area contributed by atoms with E-state index in [1.807, 2.05) is 7.05 Å². The summed E-state index contributed by atoms with van der Waals surface area (Å²) in [7, 11) is 6.16. The fourth-order valence-electron chi connectivity index (χ4n) is 1.59. The number of nitrogens with zero attached hydrogens (tertiary/aromatic N) is 1. The van der Waals surface area contributed by atoms with E-state index in [0.717, 1.165) is 13.0 Å². The first-order chi connectivity index (χ1) is 6.69. The van der Waals surface area contributed by atoms with Gasteiger partial charge in [0.25, 0.3) is 0 Å². The van der Waals surface area contributed by atoms with Gasteiger partial charge in [0.15, 0.2) is 0 Å².